The van der Waals surface area contributed by atoms with Crippen LogP contribution in [-0.2, 0) is 9.59 Å². The number of thiocarbonyl (C=S) groups is 1. The molecule has 0 unspecified atom stereocenters. The molecular weight excluding hydrogens is 350 g/mol. The van der Waals surface area contributed by atoms with Crippen molar-refractivity contribution >= 4 is 46.3 Å². The first kappa shape index (κ1) is 18.3. The van der Waals surface area contributed by atoms with Crippen LogP contribution in [-0.4, -0.2) is 46.5 Å². The minimum atomic E-state index is -0.968. The van der Waals surface area contributed by atoms with Crippen LogP contribution in [0.15, 0.2) is 23.1 Å². The van der Waals surface area contributed by atoms with Gasteiger partial charge in [0.1, 0.15) is 4.32 Å². The summed E-state index contributed by atoms with van der Waals surface area (Å²) in [5.41, 5.74) is 0.776. The highest BCUT2D eigenvalue weighted by atomic mass is 32.2. The lowest BCUT2D eigenvalue weighted by Gasteiger charge is -2.12. The van der Waals surface area contributed by atoms with Gasteiger partial charge in [0.2, 0.25) is 0 Å². The molecule has 6 nitrogen and oxygen atoms in total. The maximum atomic E-state index is 12.4. The van der Waals surface area contributed by atoms with Gasteiger partial charge in [-0.25, -0.2) is 0 Å². The number of thioether (sulfide) groups is 1. The first-order valence-corrected chi connectivity index (χ1v) is 8.46. The molecule has 0 aromatic heterocycles. The van der Waals surface area contributed by atoms with Crippen LogP contribution in [0.2, 0.25) is 0 Å². The van der Waals surface area contributed by atoms with E-state index in [0.717, 1.165) is 17.3 Å². The summed E-state index contributed by atoms with van der Waals surface area (Å²) in [5.74, 6) is -0.0392. The van der Waals surface area contributed by atoms with Crippen LogP contribution in [0.4, 0.5) is 0 Å². The smallest absolute Gasteiger partial charge is 0.305 e. The van der Waals surface area contributed by atoms with Crippen LogP contribution in [0.3, 0.4) is 0 Å². The maximum absolute atomic E-state index is 12.4. The molecule has 1 N–H and O–H groups in total. The Labute approximate surface area is 149 Å². The second kappa shape index (κ2) is 8.16. The van der Waals surface area contributed by atoms with Gasteiger partial charge in [0.15, 0.2) is 11.5 Å². The molecule has 1 aliphatic heterocycles. The fraction of sp³-hybridized carbons (Fsp3) is 0.312. The first-order chi connectivity index (χ1) is 11.5. The van der Waals surface area contributed by atoms with E-state index in [-0.39, 0.29) is 18.9 Å². The number of carboxylic acid groups (broad SMARTS) is 1. The van der Waals surface area contributed by atoms with E-state index in [0.29, 0.717) is 27.3 Å². The third-order valence-electron chi connectivity index (χ3n) is 3.21. The summed E-state index contributed by atoms with van der Waals surface area (Å²) in [5, 5.41) is 8.75. The molecule has 1 amide bonds. The van der Waals surface area contributed by atoms with Crippen LogP contribution in [0.5, 0.6) is 11.5 Å². The molecule has 0 bridgehead atoms. The molecule has 1 heterocycles. The van der Waals surface area contributed by atoms with Crippen LogP contribution >= 0.6 is 24.0 Å². The summed E-state index contributed by atoms with van der Waals surface area (Å²) in [6, 6.07) is 5.36. The molecule has 128 valence electrons. The molecule has 0 atom stereocenters. The number of methoxy groups -OCH3 is 1. The van der Waals surface area contributed by atoms with E-state index in [1.165, 1.54) is 4.90 Å². The molecule has 1 saturated heterocycles. The zero-order valence-corrected chi connectivity index (χ0v) is 14.9. The monoisotopic (exact) mass is 367 g/mol. The van der Waals surface area contributed by atoms with Gasteiger partial charge < -0.3 is 14.6 Å². The number of nitrogens with zero attached hydrogens (tertiary/aromatic N) is 1. The van der Waals surface area contributed by atoms with Gasteiger partial charge in [-0.2, -0.15) is 0 Å². The van der Waals surface area contributed by atoms with E-state index in [4.69, 9.17) is 26.8 Å². The van der Waals surface area contributed by atoms with E-state index in [1.807, 2.05) is 13.0 Å². The predicted molar refractivity (Wildman–Crippen MR) is 96.3 cm³/mol. The van der Waals surface area contributed by atoms with Gasteiger partial charge >= 0.3 is 5.97 Å². The zero-order valence-electron chi connectivity index (χ0n) is 13.3. The number of rotatable bonds is 7. The van der Waals surface area contributed by atoms with Crippen LogP contribution in [0.25, 0.3) is 6.08 Å². The number of carbonyl (C=O) groups is 2. The van der Waals surface area contributed by atoms with Crippen LogP contribution in [0, 0.1) is 0 Å². The second-order valence-corrected chi connectivity index (χ2v) is 6.50. The summed E-state index contributed by atoms with van der Waals surface area (Å²) in [6.45, 7) is 2.45. The molecule has 24 heavy (non-hydrogen) atoms. The molecule has 1 aromatic rings. The third-order valence-corrected chi connectivity index (χ3v) is 4.59. The van der Waals surface area contributed by atoms with Crippen molar-refractivity contribution in [2.24, 2.45) is 0 Å². The maximum Gasteiger partial charge on any atom is 0.305 e. The Bertz CT molecular complexity index is 702. The zero-order chi connectivity index (χ0) is 17.7. The van der Waals surface area contributed by atoms with Gasteiger partial charge in [-0.05, 0) is 30.7 Å². The lowest BCUT2D eigenvalue weighted by atomic mass is 10.2. The predicted octanol–water partition coefficient (Wildman–Crippen LogP) is 2.77. The van der Waals surface area contributed by atoms with Gasteiger partial charge in [0.05, 0.1) is 25.0 Å². The van der Waals surface area contributed by atoms with Gasteiger partial charge in [-0.3, -0.25) is 14.5 Å². The number of carboxylic acids is 1. The Morgan fingerprint density at radius 3 is 2.79 bits per heavy atom. The highest BCUT2D eigenvalue weighted by Gasteiger charge is 2.32. The van der Waals surface area contributed by atoms with E-state index >= 15 is 0 Å². The lowest BCUT2D eigenvalue weighted by Crippen LogP contribution is -2.30. The summed E-state index contributed by atoms with van der Waals surface area (Å²) in [7, 11) is 1.56. The summed E-state index contributed by atoms with van der Waals surface area (Å²) >= 11 is 6.32. The van der Waals surface area contributed by atoms with Crippen molar-refractivity contribution in [3.63, 3.8) is 0 Å². The van der Waals surface area contributed by atoms with E-state index < -0.39 is 5.97 Å². The van der Waals surface area contributed by atoms with Crippen molar-refractivity contribution in [2.75, 3.05) is 20.3 Å². The largest absolute Gasteiger partial charge is 0.493 e. The summed E-state index contributed by atoms with van der Waals surface area (Å²) < 4.78 is 11.1. The molecule has 0 saturated carbocycles. The topological polar surface area (TPSA) is 76.1 Å². The average Bonchev–Trinajstić information content (AvgIpc) is 2.80. The molecule has 2 rings (SSSR count). The summed E-state index contributed by atoms with van der Waals surface area (Å²) in [6.07, 6.45) is 1.57. The van der Waals surface area contributed by atoms with E-state index in [9.17, 15) is 9.59 Å². The molecule has 1 aromatic carbocycles. The Morgan fingerprint density at radius 1 is 1.42 bits per heavy atom. The van der Waals surface area contributed by atoms with Gasteiger partial charge in [0, 0.05) is 6.54 Å². The quantitative estimate of drug-likeness (QED) is 0.586. The molecular formula is C16H17NO5S2. The Kier molecular flexibility index (Phi) is 6.22. The van der Waals surface area contributed by atoms with Gasteiger partial charge in [0.25, 0.3) is 5.91 Å². The molecule has 1 aliphatic rings. The van der Waals surface area contributed by atoms with Crippen molar-refractivity contribution in [3.8, 4) is 11.5 Å². The Morgan fingerprint density at radius 2 is 2.17 bits per heavy atom. The normalized spacial score (nSPS) is 15.9. The van der Waals surface area contributed by atoms with Gasteiger partial charge in [-0.1, -0.05) is 30.0 Å². The molecule has 0 spiro atoms. The van der Waals surface area contributed by atoms with E-state index in [2.05, 4.69) is 0 Å². The Balaban J connectivity index is 2.22. The fourth-order valence-corrected chi connectivity index (χ4v) is 3.41. The van der Waals surface area contributed by atoms with Crippen molar-refractivity contribution in [3.05, 3.63) is 28.7 Å². The van der Waals surface area contributed by atoms with Crippen molar-refractivity contribution < 1.29 is 24.2 Å². The highest BCUT2D eigenvalue weighted by Crippen LogP contribution is 2.34. The second-order valence-electron chi connectivity index (χ2n) is 4.82. The van der Waals surface area contributed by atoms with Crippen molar-refractivity contribution in [1.82, 2.24) is 4.90 Å². The minimum Gasteiger partial charge on any atom is -0.493 e. The Hall–Kier alpha value is -2.06. The van der Waals surface area contributed by atoms with Gasteiger partial charge in [-0.15, -0.1) is 0 Å². The number of hydrogen-bond donors (Lipinski definition) is 1. The standard InChI is InChI=1S/C16H17NO5S2/c1-3-22-12-8-10(4-5-11(12)21-2)9-13-15(20)17(16(23)24-13)7-6-14(18)19/h4-5,8-9H,3,6-7H2,1-2H3,(H,18,19)/b13-9-. The lowest BCUT2D eigenvalue weighted by molar-refractivity contribution is -0.137. The van der Waals surface area contributed by atoms with Crippen molar-refractivity contribution in [1.29, 1.82) is 0 Å². The third kappa shape index (κ3) is 4.27. The number of benzene rings is 1. The number of hydrogen-bond acceptors (Lipinski definition) is 6. The number of aliphatic carboxylic acids is 1. The minimum absolute atomic E-state index is 0.0736. The highest BCUT2D eigenvalue weighted by molar-refractivity contribution is 8.26. The molecule has 0 radical (unpaired) electrons. The van der Waals surface area contributed by atoms with Crippen LogP contribution in [0.1, 0.15) is 18.9 Å². The molecule has 1 fully saturated rings. The number of carbonyl (C=O) groups excluding carboxylic acids is 1. The fourth-order valence-electron chi connectivity index (χ4n) is 2.10. The first-order valence-electron chi connectivity index (χ1n) is 7.24. The number of ether oxygens (including phenoxy) is 2. The van der Waals surface area contributed by atoms with E-state index in [1.54, 1.807) is 25.3 Å². The molecule has 0 aliphatic carbocycles. The SMILES string of the molecule is CCOc1cc(/C=C2\SC(=S)N(CCC(=O)O)C2=O)ccc1OC. The average molecular weight is 367 g/mol. The van der Waals surface area contributed by atoms with Crippen LogP contribution < -0.4 is 9.47 Å². The van der Waals surface area contributed by atoms with Crippen molar-refractivity contribution in [2.45, 2.75) is 13.3 Å². The summed E-state index contributed by atoms with van der Waals surface area (Å²) in [4.78, 5) is 24.8. The molecule has 8 heteroatoms. The number of amides is 1.